The van der Waals surface area contributed by atoms with E-state index in [1.54, 1.807) is 0 Å². The van der Waals surface area contributed by atoms with Crippen LogP contribution < -0.4 is 4.90 Å². The van der Waals surface area contributed by atoms with E-state index in [1.165, 1.54) is 44.3 Å². The van der Waals surface area contributed by atoms with Gasteiger partial charge in [0.25, 0.3) is 0 Å². The van der Waals surface area contributed by atoms with Crippen LogP contribution in [0.15, 0.2) is 16.7 Å². The molecule has 1 saturated carbocycles. The third kappa shape index (κ3) is 2.79. The molecule has 19 heavy (non-hydrogen) atoms. The first-order valence-corrected chi connectivity index (χ1v) is 8.15. The highest BCUT2D eigenvalue weighted by Crippen LogP contribution is 2.29. The van der Waals surface area contributed by atoms with E-state index in [0.29, 0.717) is 0 Å². The SMILES string of the molecule is Cc1ccnc(N2CCN(C3CCCC3)CC2)c1Br. The van der Waals surface area contributed by atoms with Crippen molar-refractivity contribution in [3.05, 3.63) is 22.3 Å². The van der Waals surface area contributed by atoms with E-state index in [2.05, 4.69) is 43.7 Å². The summed E-state index contributed by atoms with van der Waals surface area (Å²) in [5.41, 5.74) is 1.27. The van der Waals surface area contributed by atoms with Gasteiger partial charge in [-0.3, -0.25) is 4.90 Å². The third-order valence-electron chi connectivity index (χ3n) is 4.52. The number of aromatic nitrogens is 1. The maximum atomic E-state index is 4.55. The number of anilines is 1. The maximum Gasteiger partial charge on any atom is 0.143 e. The molecule has 0 bridgehead atoms. The summed E-state index contributed by atoms with van der Waals surface area (Å²) in [5, 5.41) is 0. The first-order chi connectivity index (χ1) is 9.25. The summed E-state index contributed by atoms with van der Waals surface area (Å²) in [5.74, 6) is 1.12. The quantitative estimate of drug-likeness (QED) is 0.833. The molecular weight excluding hydrogens is 302 g/mol. The molecular formula is C15H22BrN3. The fourth-order valence-corrected chi connectivity index (χ4v) is 3.80. The minimum absolute atomic E-state index is 0.857. The molecule has 1 saturated heterocycles. The van der Waals surface area contributed by atoms with Gasteiger partial charge in [-0.1, -0.05) is 12.8 Å². The molecule has 4 heteroatoms. The van der Waals surface area contributed by atoms with Crippen molar-refractivity contribution >= 4 is 21.7 Å². The van der Waals surface area contributed by atoms with E-state index in [9.17, 15) is 0 Å². The Morgan fingerprint density at radius 2 is 1.84 bits per heavy atom. The van der Waals surface area contributed by atoms with Crippen LogP contribution in [0.4, 0.5) is 5.82 Å². The predicted molar refractivity (Wildman–Crippen MR) is 82.7 cm³/mol. The standard InChI is InChI=1S/C15H22BrN3/c1-12-6-7-17-15(14(12)16)19-10-8-18(9-11-19)13-4-2-3-5-13/h6-7,13H,2-5,8-11H2,1H3. The van der Waals surface area contributed by atoms with E-state index in [-0.39, 0.29) is 0 Å². The number of pyridine rings is 1. The molecule has 1 aromatic heterocycles. The highest BCUT2D eigenvalue weighted by atomic mass is 79.9. The van der Waals surface area contributed by atoms with Crippen LogP contribution in [0.2, 0.25) is 0 Å². The van der Waals surface area contributed by atoms with Crippen LogP contribution in [-0.4, -0.2) is 42.1 Å². The predicted octanol–water partition coefficient (Wildman–Crippen LogP) is 3.22. The lowest BCUT2D eigenvalue weighted by Gasteiger charge is -2.39. The molecule has 0 amide bonds. The minimum atomic E-state index is 0.857. The molecule has 104 valence electrons. The molecule has 3 nitrogen and oxygen atoms in total. The van der Waals surface area contributed by atoms with E-state index in [4.69, 9.17) is 0 Å². The highest BCUT2D eigenvalue weighted by molar-refractivity contribution is 9.10. The monoisotopic (exact) mass is 323 g/mol. The number of piperazine rings is 1. The van der Waals surface area contributed by atoms with Gasteiger partial charge < -0.3 is 4.90 Å². The van der Waals surface area contributed by atoms with Crippen molar-refractivity contribution in [3.63, 3.8) is 0 Å². The number of halogens is 1. The van der Waals surface area contributed by atoms with Gasteiger partial charge in [0.15, 0.2) is 0 Å². The van der Waals surface area contributed by atoms with Crippen LogP contribution >= 0.6 is 15.9 Å². The molecule has 3 rings (SSSR count). The van der Waals surface area contributed by atoms with Crippen LogP contribution in [0.3, 0.4) is 0 Å². The van der Waals surface area contributed by atoms with Crippen molar-refractivity contribution in [1.29, 1.82) is 0 Å². The second-order valence-corrected chi connectivity index (χ2v) is 6.52. The smallest absolute Gasteiger partial charge is 0.143 e. The zero-order valence-electron chi connectivity index (χ0n) is 11.6. The average Bonchev–Trinajstić information content (AvgIpc) is 2.96. The molecule has 0 atom stereocenters. The summed E-state index contributed by atoms with van der Waals surface area (Å²) < 4.78 is 1.16. The zero-order chi connectivity index (χ0) is 13.2. The number of hydrogen-bond donors (Lipinski definition) is 0. The molecule has 0 aromatic carbocycles. The Morgan fingerprint density at radius 1 is 1.16 bits per heavy atom. The van der Waals surface area contributed by atoms with Crippen molar-refractivity contribution in [2.75, 3.05) is 31.1 Å². The zero-order valence-corrected chi connectivity index (χ0v) is 13.2. The topological polar surface area (TPSA) is 19.4 Å². The average molecular weight is 324 g/mol. The van der Waals surface area contributed by atoms with Crippen LogP contribution in [-0.2, 0) is 0 Å². The van der Waals surface area contributed by atoms with Crippen LogP contribution in [0.1, 0.15) is 31.2 Å². The molecule has 0 unspecified atom stereocenters. The minimum Gasteiger partial charge on any atom is -0.353 e. The summed E-state index contributed by atoms with van der Waals surface area (Å²) >= 11 is 3.68. The molecule has 2 heterocycles. The lowest BCUT2D eigenvalue weighted by Crippen LogP contribution is -2.50. The van der Waals surface area contributed by atoms with Crippen molar-refractivity contribution in [1.82, 2.24) is 9.88 Å². The van der Waals surface area contributed by atoms with Gasteiger partial charge >= 0.3 is 0 Å². The number of hydrogen-bond acceptors (Lipinski definition) is 3. The fourth-order valence-electron chi connectivity index (χ4n) is 3.31. The van der Waals surface area contributed by atoms with Gasteiger partial charge in [-0.25, -0.2) is 4.98 Å². The van der Waals surface area contributed by atoms with Crippen molar-refractivity contribution in [2.45, 2.75) is 38.6 Å². The second-order valence-electron chi connectivity index (χ2n) is 5.73. The molecule has 0 radical (unpaired) electrons. The maximum absolute atomic E-state index is 4.55. The Morgan fingerprint density at radius 3 is 2.53 bits per heavy atom. The van der Waals surface area contributed by atoms with Gasteiger partial charge in [0.2, 0.25) is 0 Å². The summed E-state index contributed by atoms with van der Waals surface area (Å²) in [6.07, 6.45) is 7.59. The Balaban J connectivity index is 1.64. The molecule has 1 aliphatic heterocycles. The Hall–Kier alpha value is -0.610. The van der Waals surface area contributed by atoms with Gasteiger partial charge in [0.05, 0.1) is 4.47 Å². The first kappa shape index (κ1) is 13.4. The van der Waals surface area contributed by atoms with E-state index in [0.717, 1.165) is 29.4 Å². The van der Waals surface area contributed by atoms with Crippen LogP contribution in [0, 0.1) is 6.92 Å². The highest BCUT2D eigenvalue weighted by Gasteiger charge is 2.27. The Bertz CT molecular complexity index is 435. The Kier molecular flexibility index (Phi) is 4.08. The van der Waals surface area contributed by atoms with Gasteiger partial charge in [-0.05, 0) is 47.3 Å². The summed E-state index contributed by atoms with van der Waals surface area (Å²) in [6, 6.07) is 2.92. The molecule has 2 aliphatic rings. The molecule has 2 fully saturated rings. The summed E-state index contributed by atoms with van der Waals surface area (Å²) in [4.78, 5) is 9.65. The third-order valence-corrected chi connectivity index (χ3v) is 5.50. The summed E-state index contributed by atoms with van der Waals surface area (Å²) in [6.45, 7) is 6.71. The molecule has 1 aromatic rings. The fraction of sp³-hybridized carbons (Fsp3) is 0.667. The largest absolute Gasteiger partial charge is 0.353 e. The van der Waals surface area contributed by atoms with Crippen molar-refractivity contribution in [3.8, 4) is 0 Å². The van der Waals surface area contributed by atoms with Crippen molar-refractivity contribution in [2.24, 2.45) is 0 Å². The van der Waals surface area contributed by atoms with E-state index < -0.39 is 0 Å². The van der Waals surface area contributed by atoms with Gasteiger partial charge in [0.1, 0.15) is 5.82 Å². The molecule has 0 N–H and O–H groups in total. The van der Waals surface area contributed by atoms with Crippen LogP contribution in [0.5, 0.6) is 0 Å². The van der Waals surface area contributed by atoms with Gasteiger partial charge in [0, 0.05) is 38.4 Å². The van der Waals surface area contributed by atoms with Gasteiger partial charge in [-0.15, -0.1) is 0 Å². The molecule has 0 spiro atoms. The first-order valence-electron chi connectivity index (χ1n) is 7.36. The number of rotatable bonds is 2. The van der Waals surface area contributed by atoms with E-state index >= 15 is 0 Å². The normalized spacial score (nSPS) is 22.1. The van der Waals surface area contributed by atoms with Crippen molar-refractivity contribution < 1.29 is 0 Å². The molecule has 1 aliphatic carbocycles. The number of nitrogens with zero attached hydrogens (tertiary/aromatic N) is 3. The van der Waals surface area contributed by atoms with Crippen LogP contribution in [0.25, 0.3) is 0 Å². The van der Waals surface area contributed by atoms with Gasteiger partial charge in [-0.2, -0.15) is 0 Å². The Labute approximate surface area is 124 Å². The van der Waals surface area contributed by atoms with E-state index in [1.807, 2.05) is 6.20 Å². The lowest BCUT2D eigenvalue weighted by molar-refractivity contribution is 0.187. The number of aryl methyl sites for hydroxylation is 1. The second kappa shape index (κ2) is 5.80. The lowest BCUT2D eigenvalue weighted by atomic mass is 10.2. The summed E-state index contributed by atoms with van der Waals surface area (Å²) in [7, 11) is 0.